The Hall–Kier alpha value is -1.83. The average Bonchev–Trinajstić information content (AvgIpc) is 2.57. The largest absolute Gasteiger partial charge is 0.475 e. The van der Waals surface area contributed by atoms with Crippen molar-refractivity contribution in [3.05, 3.63) is 23.2 Å². The van der Waals surface area contributed by atoms with Gasteiger partial charge >= 0.3 is 11.9 Å². The molecule has 0 fully saturated rings. The van der Waals surface area contributed by atoms with Crippen LogP contribution in [0.5, 0.6) is 0 Å². The lowest BCUT2D eigenvalue weighted by Gasteiger charge is -2.02. The predicted molar refractivity (Wildman–Crippen MR) is 64.5 cm³/mol. The third-order valence-corrected chi connectivity index (χ3v) is 3.57. The molecule has 0 aromatic carbocycles. The first-order valence-corrected chi connectivity index (χ1v) is 7.26. The maximum atomic E-state index is 11.7. The number of carbonyl (C=O) groups is 2. The molecule has 0 aliphatic carbocycles. The van der Waals surface area contributed by atoms with Gasteiger partial charge in [0.05, 0.1) is 6.61 Å². The summed E-state index contributed by atoms with van der Waals surface area (Å²) in [5.41, 5.74) is 0.328. The number of sulfone groups is 1. The molecule has 0 saturated heterocycles. The van der Waals surface area contributed by atoms with Crippen molar-refractivity contribution in [1.29, 1.82) is 0 Å². The highest BCUT2D eigenvalue weighted by molar-refractivity contribution is 7.91. The Labute approximate surface area is 110 Å². The molecule has 7 nitrogen and oxygen atoms in total. The molecule has 1 N–H and O–H groups in total. The maximum Gasteiger partial charge on any atom is 0.372 e. The number of rotatable bonds is 6. The monoisotopic (exact) mass is 290 g/mol. The number of hydrogen-bond donors (Lipinski definition) is 1. The van der Waals surface area contributed by atoms with Crippen molar-refractivity contribution in [3.8, 4) is 0 Å². The quantitative estimate of drug-likeness (QED) is 0.770. The summed E-state index contributed by atoms with van der Waals surface area (Å²) in [5, 5.41) is 8.78. The summed E-state index contributed by atoms with van der Waals surface area (Å²) in [6.07, 6.45) is 0. The molecule has 0 unspecified atom stereocenters. The maximum absolute atomic E-state index is 11.7. The van der Waals surface area contributed by atoms with E-state index in [0.29, 0.717) is 5.56 Å². The molecule has 0 radical (unpaired) electrons. The molecule has 1 rings (SSSR count). The lowest BCUT2D eigenvalue weighted by atomic mass is 10.3. The van der Waals surface area contributed by atoms with Crippen molar-refractivity contribution in [3.63, 3.8) is 0 Å². The van der Waals surface area contributed by atoms with Crippen molar-refractivity contribution in [2.75, 3.05) is 12.4 Å². The Morgan fingerprint density at radius 1 is 1.42 bits per heavy atom. The highest BCUT2D eigenvalue weighted by Crippen LogP contribution is 2.17. The van der Waals surface area contributed by atoms with Gasteiger partial charge in [0.1, 0.15) is 17.3 Å². The van der Waals surface area contributed by atoms with Gasteiger partial charge in [-0.05, 0) is 19.9 Å². The van der Waals surface area contributed by atoms with Gasteiger partial charge in [-0.15, -0.1) is 0 Å². The molecule has 0 atom stereocenters. The molecule has 0 aliphatic rings. The van der Waals surface area contributed by atoms with E-state index in [2.05, 4.69) is 4.74 Å². The molecule has 0 spiro atoms. The third kappa shape index (κ3) is 4.40. The summed E-state index contributed by atoms with van der Waals surface area (Å²) in [6, 6.07) is 1.33. The predicted octanol–water partition coefficient (Wildman–Crippen LogP) is 0.764. The van der Waals surface area contributed by atoms with E-state index in [1.807, 2.05) is 0 Å². The van der Waals surface area contributed by atoms with E-state index in [1.54, 1.807) is 6.92 Å². The van der Waals surface area contributed by atoms with Gasteiger partial charge in [-0.3, -0.25) is 4.79 Å². The van der Waals surface area contributed by atoms with Crippen LogP contribution in [0.1, 0.15) is 28.8 Å². The first-order valence-electron chi connectivity index (χ1n) is 5.44. The molecule has 1 heterocycles. The van der Waals surface area contributed by atoms with Crippen LogP contribution in [0.25, 0.3) is 0 Å². The molecule has 0 bridgehead atoms. The molecule has 19 heavy (non-hydrogen) atoms. The van der Waals surface area contributed by atoms with E-state index in [-0.39, 0.29) is 18.1 Å². The number of furan rings is 1. The highest BCUT2D eigenvalue weighted by Gasteiger charge is 2.22. The minimum atomic E-state index is -3.75. The molecule has 106 valence electrons. The third-order valence-electron chi connectivity index (χ3n) is 2.17. The van der Waals surface area contributed by atoms with Crippen LogP contribution >= 0.6 is 0 Å². The van der Waals surface area contributed by atoms with Gasteiger partial charge in [-0.25, -0.2) is 13.2 Å². The van der Waals surface area contributed by atoms with Gasteiger partial charge in [0, 0.05) is 5.56 Å². The first kappa shape index (κ1) is 15.2. The van der Waals surface area contributed by atoms with Crippen LogP contribution in [-0.4, -0.2) is 37.8 Å². The second-order valence-corrected chi connectivity index (χ2v) is 5.93. The van der Waals surface area contributed by atoms with E-state index in [4.69, 9.17) is 9.52 Å². The topological polar surface area (TPSA) is 111 Å². The van der Waals surface area contributed by atoms with Crippen molar-refractivity contribution in [1.82, 2.24) is 0 Å². The second kappa shape index (κ2) is 5.87. The molecular weight excluding hydrogens is 276 g/mol. The van der Waals surface area contributed by atoms with Gasteiger partial charge in [-0.1, -0.05) is 0 Å². The molecule has 0 amide bonds. The van der Waals surface area contributed by atoms with Crippen molar-refractivity contribution < 1.29 is 32.3 Å². The van der Waals surface area contributed by atoms with Crippen LogP contribution < -0.4 is 0 Å². The smallest absolute Gasteiger partial charge is 0.372 e. The molecule has 0 aliphatic heterocycles. The summed E-state index contributed by atoms with van der Waals surface area (Å²) in [7, 11) is -3.75. The first-order chi connectivity index (χ1) is 8.75. The van der Waals surface area contributed by atoms with E-state index in [9.17, 15) is 18.0 Å². The van der Waals surface area contributed by atoms with E-state index in [0.717, 1.165) is 0 Å². The van der Waals surface area contributed by atoms with Crippen LogP contribution in [0.15, 0.2) is 10.5 Å². The number of carboxylic acids is 1. The zero-order valence-electron chi connectivity index (χ0n) is 10.5. The van der Waals surface area contributed by atoms with E-state index in [1.165, 1.54) is 13.0 Å². The lowest BCUT2D eigenvalue weighted by molar-refractivity contribution is -0.139. The van der Waals surface area contributed by atoms with Crippen molar-refractivity contribution >= 4 is 21.8 Å². The van der Waals surface area contributed by atoms with Crippen LogP contribution in [0.4, 0.5) is 0 Å². The van der Waals surface area contributed by atoms with Crippen molar-refractivity contribution in [2.24, 2.45) is 0 Å². The number of carboxylic acid groups (broad SMARTS) is 1. The molecule has 8 heteroatoms. The Morgan fingerprint density at radius 3 is 2.53 bits per heavy atom. The molecule has 0 saturated carbocycles. The van der Waals surface area contributed by atoms with Gasteiger partial charge in [0.2, 0.25) is 5.76 Å². The number of hydrogen-bond acceptors (Lipinski definition) is 6. The number of esters is 1. The highest BCUT2D eigenvalue weighted by atomic mass is 32.2. The van der Waals surface area contributed by atoms with E-state index >= 15 is 0 Å². The minimum Gasteiger partial charge on any atom is -0.475 e. The summed E-state index contributed by atoms with van der Waals surface area (Å²) in [4.78, 5) is 21.8. The number of ether oxygens (including phenoxy) is 1. The Kier molecular flexibility index (Phi) is 4.71. The fourth-order valence-corrected chi connectivity index (χ4v) is 2.60. The Balaban J connectivity index is 2.81. The molecule has 1 aromatic rings. The SMILES string of the molecule is CCOC(=O)CS(=O)(=O)Cc1cc(C)c(C(=O)O)o1. The van der Waals surface area contributed by atoms with Crippen LogP contribution in [0.3, 0.4) is 0 Å². The minimum absolute atomic E-state index is 0.0146. The zero-order chi connectivity index (χ0) is 14.6. The fraction of sp³-hybridized carbons (Fsp3) is 0.455. The number of carbonyl (C=O) groups excluding carboxylic acids is 1. The van der Waals surface area contributed by atoms with Crippen molar-refractivity contribution in [2.45, 2.75) is 19.6 Å². The van der Waals surface area contributed by atoms with Gasteiger partial charge in [-0.2, -0.15) is 0 Å². The summed E-state index contributed by atoms with van der Waals surface area (Å²) < 4.78 is 32.8. The zero-order valence-corrected chi connectivity index (χ0v) is 11.3. The van der Waals surface area contributed by atoms with Gasteiger partial charge in [0.15, 0.2) is 9.84 Å². The second-order valence-electron chi connectivity index (χ2n) is 3.87. The number of aryl methyl sites for hydroxylation is 1. The summed E-state index contributed by atoms with van der Waals surface area (Å²) in [5.74, 6) is -3.74. The Bertz CT molecular complexity index is 582. The lowest BCUT2D eigenvalue weighted by Crippen LogP contribution is -2.19. The summed E-state index contributed by atoms with van der Waals surface area (Å²) in [6.45, 7) is 3.16. The van der Waals surface area contributed by atoms with Gasteiger partial charge < -0.3 is 14.3 Å². The van der Waals surface area contributed by atoms with Crippen LogP contribution in [0, 0.1) is 6.92 Å². The van der Waals surface area contributed by atoms with Crippen LogP contribution in [-0.2, 0) is 25.1 Å². The standard InChI is InChI=1S/C11H14O7S/c1-3-17-9(12)6-19(15,16)5-8-4-7(2)10(18-8)11(13)14/h4H,3,5-6H2,1-2H3,(H,13,14). The van der Waals surface area contributed by atoms with E-state index < -0.39 is 33.3 Å². The molecule has 1 aromatic heterocycles. The average molecular weight is 290 g/mol. The number of aromatic carboxylic acids is 1. The Morgan fingerprint density at radius 2 is 2.05 bits per heavy atom. The molecular formula is C11H14O7S. The summed E-state index contributed by atoms with van der Waals surface area (Å²) >= 11 is 0. The van der Waals surface area contributed by atoms with Gasteiger partial charge in [0.25, 0.3) is 0 Å². The van der Waals surface area contributed by atoms with Crippen LogP contribution in [0.2, 0.25) is 0 Å². The normalized spacial score (nSPS) is 11.3. The fourth-order valence-electron chi connectivity index (χ4n) is 1.48.